The van der Waals surface area contributed by atoms with Crippen molar-refractivity contribution in [2.45, 2.75) is 32.5 Å². The fraction of sp³-hybridized carbons (Fsp3) is 0.353. The number of nitrogens with one attached hydrogen (secondary N) is 2. The minimum absolute atomic E-state index is 0.0433. The lowest BCUT2D eigenvalue weighted by Gasteiger charge is -2.23. The molecule has 0 aliphatic rings. The number of hydrogen-bond donors (Lipinski definition) is 3. The van der Waals surface area contributed by atoms with Gasteiger partial charge in [-0.25, -0.2) is 4.79 Å². The first-order valence-electron chi connectivity index (χ1n) is 7.39. The summed E-state index contributed by atoms with van der Waals surface area (Å²) in [5, 5.41) is 15.2. The Bertz CT molecular complexity index is 632. The molecule has 6 heteroatoms. The first kappa shape index (κ1) is 16.9. The highest BCUT2D eigenvalue weighted by molar-refractivity contribution is 5.90. The standard InChI is InChI=1S/C17H22N2O4/c1-17(2,3)23-14-8-5-4-7-12(14)19-16(21)18-11-13(20)15-9-6-10-22-15/h4-10,13,20H,11H2,1-3H3,(H2,18,19,21)/t13-/m0/s1. The largest absolute Gasteiger partial charge is 0.486 e. The average molecular weight is 318 g/mol. The lowest BCUT2D eigenvalue weighted by Crippen LogP contribution is -2.32. The van der Waals surface area contributed by atoms with Gasteiger partial charge in [0.15, 0.2) is 0 Å². The van der Waals surface area contributed by atoms with Gasteiger partial charge in [0.1, 0.15) is 23.2 Å². The molecule has 124 valence electrons. The number of furan rings is 1. The number of amides is 2. The predicted octanol–water partition coefficient (Wildman–Crippen LogP) is 3.31. The molecule has 0 fully saturated rings. The van der Waals surface area contributed by atoms with E-state index in [4.69, 9.17) is 9.15 Å². The zero-order valence-corrected chi connectivity index (χ0v) is 13.5. The van der Waals surface area contributed by atoms with Crippen LogP contribution in [0.4, 0.5) is 10.5 Å². The number of aliphatic hydroxyl groups is 1. The third kappa shape index (κ3) is 5.34. The lowest BCUT2D eigenvalue weighted by molar-refractivity contribution is 0.132. The number of benzene rings is 1. The maximum absolute atomic E-state index is 12.0. The average Bonchev–Trinajstić information content (AvgIpc) is 2.99. The van der Waals surface area contributed by atoms with Gasteiger partial charge in [0, 0.05) is 0 Å². The zero-order valence-electron chi connectivity index (χ0n) is 13.5. The van der Waals surface area contributed by atoms with E-state index in [9.17, 15) is 9.90 Å². The molecule has 2 aromatic rings. The number of hydrogen-bond acceptors (Lipinski definition) is 4. The van der Waals surface area contributed by atoms with Gasteiger partial charge in [-0.1, -0.05) is 12.1 Å². The van der Waals surface area contributed by atoms with E-state index in [1.54, 1.807) is 24.3 Å². The maximum Gasteiger partial charge on any atom is 0.319 e. The Hall–Kier alpha value is -2.47. The van der Waals surface area contributed by atoms with Crippen molar-refractivity contribution in [2.24, 2.45) is 0 Å². The van der Waals surface area contributed by atoms with Crippen molar-refractivity contribution in [3.8, 4) is 5.75 Å². The highest BCUT2D eigenvalue weighted by Gasteiger charge is 2.16. The van der Waals surface area contributed by atoms with Crippen LogP contribution >= 0.6 is 0 Å². The van der Waals surface area contributed by atoms with Crippen molar-refractivity contribution in [1.82, 2.24) is 5.32 Å². The Labute approximate surface area is 135 Å². The van der Waals surface area contributed by atoms with Gasteiger partial charge in [0.2, 0.25) is 0 Å². The Morgan fingerprint density at radius 1 is 1.26 bits per heavy atom. The van der Waals surface area contributed by atoms with Crippen LogP contribution in [-0.4, -0.2) is 23.3 Å². The number of urea groups is 1. The zero-order chi connectivity index (χ0) is 16.9. The predicted molar refractivity (Wildman–Crippen MR) is 87.5 cm³/mol. The Kier molecular flexibility index (Phi) is 5.28. The molecule has 0 aliphatic carbocycles. The minimum atomic E-state index is -0.892. The molecule has 2 rings (SSSR count). The quantitative estimate of drug-likeness (QED) is 0.789. The molecule has 0 spiro atoms. The third-order valence-electron chi connectivity index (χ3n) is 2.88. The van der Waals surface area contributed by atoms with Crippen molar-refractivity contribution in [3.63, 3.8) is 0 Å². The summed E-state index contributed by atoms with van der Waals surface area (Å²) in [5.41, 5.74) is 0.191. The highest BCUT2D eigenvalue weighted by Crippen LogP contribution is 2.27. The summed E-state index contributed by atoms with van der Waals surface area (Å²) in [4.78, 5) is 12.0. The molecule has 0 radical (unpaired) electrons. The van der Waals surface area contributed by atoms with Gasteiger partial charge in [-0.05, 0) is 45.0 Å². The first-order chi connectivity index (χ1) is 10.8. The van der Waals surface area contributed by atoms with E-state index in [2.05, 4.69) is 10.6 Å². The van der Waals surface area contributed by atoms with Crippen LogP contribution in [0.5, 0.6) is 5.75 Å². The normalized spacial score (nSPS) is 12.5. The van der Waals surface area contributed by atoms with Crippen LogP contribution in [0.1, 0.15) is 32.6 Å². The van der Waals surface area contributed by atoms with Crippen molar-refractivity contribution < 1.29 is 19.1 Å². The molecule has 6 nitrogen and oxygen atoms in total. The molecule has 0 bridgehead atoms. The number of carbonyl (C=O) groups excluding carboxylic acids is 1. The van der Waals surface area contributed by atoms with Gasteiger partial charge in [0.25, 0.3) is 0 Å². The van der Waals surface area contributed by atoms with Crippen molar-refractivity contribution in [2.75, 3.05) is 11.9 Å². The third-order valence-corrected chi connectivity index (χ3v) is 2.88. The van der Waals surface area contributed by atoms with Gasteiger partial charge >= 0.3 is 6.03 Å². The highest BCUT2D eigenvalue weighted by atomic mass is 16.5. The van der Waals surface area contributed by atoms with E-state index in [0.29, 0.717) is 17.2 Å². The van der Waals surface area contributed by atoms with E-state index in [1.165, 1.54) is 6.26 Å². The molecule has 0 aliphatic heterocycles. The number of aliphatic hydroxyl groups excluding tert-OH is 1. The summed E-state index contributed by atoms with van der Waals surface area (Å²) >= 11 is 0. The molecule has 0 unspecified atom stereocenters. The topological polar surface area (TPSA) is 83.7 Å². The van der Waals surface area contributed by atoms with E-state index in [1.807, 2.05) is 32.9 Å². The van der Waals surface area contributed by atoms with Gasteiger partial charge in [-0.15, -0.1) is 0 Å². The summed E-state index contributed by atoms with van der Waals surface area (Å²) in [7, 11) is 0. The SMILES string of the molecule is CC(C)(C)Oc1ccccc1NC(=O)NC[C@H](O)c1ccco1. The van der Waals surface area contributed by atoms with Crippen LogP contribution < -0.4 is 15.4 Å². The summed E-state index contributed by atoms with van der Waals surface area (Å²) < 4.78 is 10.9. The van der Waals surface area contributed by atoms with E-state index in [0.717, 1.165) is 0 Å². The summed E-state index contributed by atoms with van der Waals surface area (Å²) in [6.07, 6.45) is 0.579. The molecule has 0 saturated heterocycles. The second-order valence-corrected chi connectivity index (χ2v) is 6.08. The van der Waals surface area contributed by atoms with Gasteiger partial charge in [0.05, 0.1) is 18.5 Å². The van der Waals surface area contributed by atoms with Crippen molar-refractivity contribution in [1.29, 1.82) is 0 Å². The van der Waals surface area contributed by atoms with E-state index >= 15 is 0 Å². The Morgan fingerprint density at radius 2 is 2.00 bits per heavy atom. The molecule has 23 heavy (non-hydrogen) atoms. The fourth-order valence-corrected chi connectivity index (χ4v) is 1.93. The molecule has 1 atom stereocenters. The molecule has 1 heterocycles. The van der Waals surface area contributed by atoms with Gasteiger partial charge < -0.3 is 24.9 Å². The number of ether oxygens (including phenoxy) is 1. The van der Waals surface area contributed by atoms with Crippen molar-refractivity contribution >= 4 is 11.7 Å². The fourth-order valence-electron chi connectivity index (χ4n) is 1.93. The van der Waals surface area contributed by atoms with E-state index in [-0.39, 0.29) is 12.1 Å². The number of anilines is 1. The number of rotatable bonds is 5. The van der Waals surface area contributed by atoms with Crippen LogP contribution in [0, 0.1) is 0 Å². The van der Waals surface area contributed by atoms with Crippen molar-refractivity contribution in [3.05, 3.63) is 48.4 Å². The molecule has 0 saturated carbocycles. The molecule has 2 amide bonds. The first-order valence-corrected chi connectivity index (χ1v) is 7.39. The molecule has 1 aromatic carbocycles. The molecular weight excluding hydrogens is 296 g/mol. The van der Waals surface area contributed by atoms with Crippen LogP contribution in [0.3, 0.4) is 0 Å². The second-order valence-electron chi connectivity index (χ2n) is 6.08. The van der Waals surface area contributed by atoms with Gasteiger partial charge in [-0.3, -0.25) is 0 Å². The monoisotopic (exact) mass is 318 g/mol. The smallest absolute Gasteiger partial charge is 0.319 e. The van der Waals surface area contributed by atoms with Gasteiger partial charge in [-0.2, -0.15) is 0 Å². The minimum Gasteiger partial charge on any atom is -0.486 e. The lowest BCUT2D eigenvalue weighted by atomic mass is 10.2. The molecule has 3 N–H and O–H groups in total. The molecule has 1 aromatic heterocycles. The second kappa shape index (κ2) is 7.19. The van der Waals surface area contributed by atoms with Crippen LogP contribution in [0.2, 0.25) is 0 Å². The molecular formula is C17H22N2O4. The number of para-hydroxylation sites is 2. The van der Waals surface area contributed by atoms with Crippen LogP contribution in [-0.2, 0) is 0 Å². The number of carbonyl (C=O) groups is 1. The summed E-state index contributed by atoms with van der Waals surface area (Å²) in [6.45, 7) is 5.85. The summed E-state index contributed by atoms with van der Waals surface area (Å²) in [5.74, 6) is 0.989. The summed E-state index contributed by atoms with van der Waals surface area (Å²) in [6, 6.07) is 10.1. The maximum atomic E-state index is 12.0. The van der Waals surface area contributed by atoms with Crippen LogP contribution in [0.15, 0.2) is 47.1 Å². The van der Waals surface area contributed by atoms with E-state index < -0.39 is 12.1 Å². The Morgan fingerprint density at radius 3 is 2.65 bits per heavy atom. The van der Waals surface area contributed by atoms with Crippen LogP contribution in [0.25, 0.3) is 0 Å². The Balaban J connectivity index is 1.93.